The lowest BCUT2D eigenvalue weighted by Gasteiger charge is -2.06. The van der Waals surface area contributed by atoms with Gasteiger partial charge >= 0.3 is 6.29 Å². The van der Waals surface area contributed by atoms with Crippen molar-refractivity contribution in [3.63, 3.8) is 0 Å². The van der Waals surface area contributed by atoms with Crippen LogP contribution in [0, 0.1) is 0 Å². The van der Waals surface area contributed by atoms with E-state index in [-0.39, 0.29) is 11.5 Å². The minimum Gasteiger partial charge on any atom is -0.395 e. The second-order valence-electron chi connectivity index (χ2n) is 3.96. The topological polar surface area (TPSA) is 30.5 Å². The molecule has 1 aromatic carbocycles. The van der Waals surface area contributed by atoms with E-state index < -0.39 is 6.29 Å². The van der Waals surface area contributed by atoms with Crippen molar-refractivity contribution in [3.05, 3.63) is 18.2 Å². The zero-order chi connectivity index (χ0) is 13.0. The van der Waals surface area contributed by atoms with E-state index in [2.05, 4.69) is 21.0 Å². The summed E-state index contributed by atoms with van der Waals surface area (Å²) in [6, 6.07) is 4.73. The van der Waals surface area contributed by atoms with E-state index in [0.29, 0.717) is 0 Å². The van der Waals surface area contributed by atoms with Crippen LogP contribution in [-0.4, -0.2) is 24.8 Å². The number of hydrogen-bond donors (Lipinski definition) is 1. The molecule has 0 saturated carbocycles. The summed E-state index contributed by atoms with van der Waals surface area (Å²) in [5.41, 5.74) is 0.763. The lowest BCUT2D eigenvalue weighted by Crippen LogP contribution is -2.25. The number of halogens is 2. The van der Waals surface area contributed by atoms with Gasteiger partial charge in [0.1, 0.15) is 0 Å². The molecule has 1 N–H and O–H groups in total. The summed E-state index contributed by atoms with van der Waals surface area (Å²) < 4.78 is 34.3. The second-order valence-corrected chi connectivity index (χ2v) is 4.94. The molecule has 0 fully saturated rings. The van der Waals surface area contributed by atoms with Crippen LogP contribution in [0.15, 0.2) is 18.2 Å². The predicted molar refractivity (Wildman–Crippen MR) is 68.8 cm³/mol. The monoisotopic (exact) mass is 275 g/mol. The molecule has 18 heavy (non-hydrogen) atoms. The zero-order valence-electron chi connectivity index (χ0n) is 10.0. The van der Waals surface area contributed by atoms with Crippen molar-refractivity contribution in [3.8, 4) is 11.5 Å². The molecule has 0 radical (unpaired) electrons. The van der Waals surface area contributed by atoms with Crippen LogP contribution in [-0.2, 0) is 0 Å². The van der Waals surface area contributed by atoms with Crippen molar-refractivity contribution in [1.29, 1.82) is 0 Å². The largest absolute Gasteiger partial charge is 0.586 e. The summed E-state index contributed by atoms with van der Waals surface area (Å²) >= 11 is 1.82. The summed E-state index contributed by atoms with van der Waals surface area (Å²) in [7, 11) is 0. The number of fused-ring (bicyclic) bond motifs is 1. The first kappa shape index (κ1) is 13.3. The molecule has 0 unspecified atom stereocenters. The third kappa shape index (κ3) is 3.41. The van der Waals surface area contributed by atoms with E-state index >= 15 is 0 Å². The molecule has 1 aromatic rings. The summed E-state index contributed by atoms with van der Waals surface area (Å²) in [5, 5.41) is 3.17. The Morgan fingerprint density at radius 1 is 1.22 bits per heavy atom. The van der Waals surface area contributed by atoms with Crippen molar-refractivity contribution in [1.82, 2.24) is 0 Å². The van der Waals surface area contributed by atoms with Gasteiger partial charge in [0.05, 0.1) is 0 Å². The van der Waals surface area contributed by atoms with Crippen LogP contribution in [0.5, 0.6) is 11.5 Å². The summed E-state index contributed by atoms with van der Waals surface area (Å²) in [5.74, 6) is 1.29. The fourth-order valence-electron chi connectivity index (χ4n) is 1.66. The van der Waals surface area contributed by atoms with E-state index in [0.717, 1.165) is 30.8 Å². The van der Waals surface area contributed by atoms with Crippen molar-refractivity contribution in [2.24, 2.45) is 0 Å². The van der Waals surface area contributed by atoms with Gasteiger partial charge in [0.2, 0.25) is 0 Å². The molecule has 0 aromatic heterocycles. The van der Waals surface area contributed by atoms with E-state index in [1.54, 1.807) is 6.07 Å². The zero-order valence-corrected chi connectivity index (χ0v) is 10.9. The molecule has 1 heterocycles. The number of hydrogen-bond acceptors (Lipinski definition) is 4. The first-order valence-electron chi connectivity index (χ1n) is 5.73. The number of benzene rings is 1. The molecule has 0 amide bonds. The SMILES string of the molecule is CSCCCCNc1ccc2c(c1)OC(F)(F)O2. The Morgan fingerprint density at radius 2 is 2.00 bits per heavy atom. The Kier molecular flexibility index (Phi) is 4.16. The fourth-order valence-corrected chi connectivity index (χ4v) is 2.16. The number of ether oxygens (including phenoxy) is 2. The van der Waals surface area contributed by atoms with Crippen LogP contribution in [0.4, 0.5) is 14.5 Å². The maximum atomic E-state index is 12.8. The van der Waals surface area contributed by atoms with Gasteiger partial charge in [0, 0.05) is 18.3 Å². The molecule has 3 nitrogen and oxygen atoms in total. The number of thioether (sulfide) groups is 1. The average molecular weight is 275 g/mol. The molecule has 100 valence electrons. The predicted octanol–water partition coefficient (Wildman–Crippen LogP) is 3.56. The van der Waals surface area contributed by atoms with Gasteiger partial charge in [-0.15, -0.1) is 8.78 Å². The van der Waals surface area contributed by atoms with E-state index in [1.165, 1.54) is 12.1 Å². The minimum absolute atomic E-state index is 0.0768. The van der Waals surface area contributed by atoms with Crippen molar-refractivity contribution < 1.29 is 18.3 Å². The quantitative estimate of drug-likeness (QED) is 0.804. The second kappa shape index (κ2) is 5.65. The molecule has 0 aliphatic carbocycles. The van der Waals surface area contributed by atoms with Gasteiger partial charge < -0.3 is 14.8 Å². The van der Waals surface area contributed by atoms with Gasteiger partial charge in [0.25, 0.3) is 0 Å². The first-order chi connectivity index (χ1) is 8.61. The lowest BCUT2D eigenvalue weighted by molar-refractivity contribution is -0.286. The molecule has 0 spiro atoms. The highest BCUT2D eigenvalue weighted by atomic mass is 32.2. The molecule has 0 saturated heterocycles. The van der Waals surface area contributed by atoms with Crippen LogP contribution in [0.3, 0.4) is 0 Å². The highest BCUT2D eigenvalue weighted by Crippen LogP contribution is 2.42. The molecular formula is C12H15F2NO2S. The maximum absolute atomic E-state index is 12.8. The Labute approximate surface area is 109 Å². The fraction of sp³-hybridized carbons (Fsp3) is 0.500. The standard InChI is InChI=1S/C12H15F2NO2S/c1-18-7-3-2-6-15-9-4-5-10-11(8-9)17-12(13,14)16-10/h4-5,8,15H,2-3,6-7H2,1H3. The van der Waals surface area contributed by atoms with Crippen LogP contribution in [0.1, 0.15) is 12.8 Å². The third-order valence-electron chi connectivity index (χ3n) is 2.51. The number of rotatable bonds is 6. The molecule has 1 aliphatic rings. The van der Waals surface area contributed by atoms with Gasteiger partial charge in [-0.2, -0.15) is 11.8 Å². The minimum atomic E-state index is -3.54. The van der Waals surface area contributed by atoms with Crippen LogP contribution in [0.2, 0.25) is 0 Å². The molecule has 1 aliphatic heterocycles. The van der Waals surface area contributed by atoms with Crippen molar-refractivity contribution in [2.45, 2.75) is 19.1 Å². The molecule has 6 heteroatoms. The van der Waals surface area contributed by atoms with Gasteiger partial charge in [-0.25, -0.2) is 0 Å². The first-order valence-corrected chi connectivity index (χ1v) is 7.13. The normalized spacial score (nSPS) is 15.7. The van der Waals surface area contributed by atoms with Crippen molar-refractivity contribution in [2.75, 3.05) is 23.9 Å². The molecule has 0 atom stereocenters. The number of alkyl halides is 2. The smallest absolute Gasteiger partial charge is 0.395 e. The van der Waals surface area contributed by atoms with Crippen LogP contribution < -0.4 is 14.8 Å². The van der Waals surface area contributed by atoms with E-state index in [9.17, 15) is 8.78 Å². The number of anilines is 1. The Morgan fingerprint density at radius 3 is 2.78 bits per heavy atom. The highest BCUT2D eigenvalue weighted by molar-refractivity contribution is 7.98. The lowest BCUT2D eigenvalue weighted by atomic mass is 10.2. The van der Waals surface area contributed by atoms with Gasteiger partial charge in [0.15, 0.2) is 11.5 Å². The van der Waals surface area contributed by atoms with Crippen LogP contribution >= 0.6 is 11.8 Å². The van der Waals surface area contributed by atoms with Crippen LogP contribution in [0.25, 0.3) is 0 Å². The highest BCUT2D eigenvalue weighted by Gasteiger charge is 2.43. The maximum Gasteiger partial charge on any atom is 0.586 e. The number of unbranched alkanes of at least 4 members (excludes halogenated alkanes) is 1. The third-order valence-corrected chi connectivity index (χ3v) is 3.20. The Bertz CT molecular complexity index is 415. The summed E-state index contributed by atoms with van der Waals surface area (Å²) in [6.07, 6.45) is 0.715. The molecule has 2 rings (SSSR count). The van der Waals surface area contributed by atoms with Gasteiger partial charge in [-0.1, -0.05) is 0 Å². The summed E-state index contributed by atoms with van der Waals surface area (Å²) in [4.78, 5) is 0. The van der Waals surface area contributed by atoms with E-state index in [1.807, 2.05) is 11.8 Å². The molecule has 0 bridgehead atoms. The number of nitrogens with one attached hydrogen (secondary N) is 1. The summed E-state index contributed by atoms with van der Waals surface area (Å²) in [6.45, 7) is 0.816. The molecular weight excluding hydrogens is 260 g/mol. The van der Waals surface area contributed by atoms with E-state index in [4.69, 9.17) is 0 Å². The Hall–Kier alpha value is -1.17. The van der Waals surface area contributed by atoms with Crippen molar-refractivity contribution >= 4 is 17.4 Å². The van der Waals surface area contributed by atoms with Gasteiger partial charge in [-0.05, 0) is 37.0 Å². The average Bonchev–Trinajstić information content (AvgIpc) is 2.62. The Balaban J connectivity index is 1.85. The van der Waals surface area contributed by atoms with Gasteiger partial charge in [-0.3, -0.25) is 0 Å².